The Morgan fingerprint density at radius 2 is 1.90 bits per heavy atom. The minimum Gasteiger partial charge on any atom is -0.384 e. The number of methoxy groups -OCH3 is 1. The van der Waals surface area contributed by atoms with Crippen LogP contribution >= 0.6 is 11.3 Å². The Kier molecular flexibility index (Phi) is 5.35. The minimum atomic E-state index is 0.281. The predicted molar refractivity (Wildman–Crippen MR) is 86.7 cm³/mol. The van der Waals surface area contributed by atoms with E-state index in [1.807, 2.05) is 18.4 Å². The van der Waals surface area contributed by atoms with Gasteiger partial charge in [-0.25, -0.2) is 0 Å². The van der Waals surface area contributed by atoms with Gasteiger partial charge >= 0.3 is 0 Å². The van der Waals surface area contributed by atoms with Gasteiger partial charge in [0.25, 0.3) is 0 Å². The molecular weight excluding hydrogens is 266 g/mol. The van der Waals surface area contributed by atoms with Crippen molar-refractivity contribution < 1.29 is 4.74 Å². The van der Waals surface area contributed by atoms with E-state index in [2.05, 4.69) is 49.5 Å². The van der Waals surface area contributed by atoms with E-state index in [1.54, 1.807) is 7.11 Å². The molecule has 2 aromatic rings. The van der Waals surface area contributed by atoms with Crippen LogP contribution in [-0.2, 0) is 11.2 Å². The number of hydrogen-bond acceptors (Lipinski definition) is 3. The maximum atomic E-state index is 5.12. The van der Waals surface area contributed by atoms with Crippen molar-refractivity contribution in [2.75, 3.05) is 20.8 Å². The Hall–Kier alpha value is -1.16. The molecule has 2 nitrogen and oxygen atoms in total. The molecule has 0 saturated carbocycles. The first kappa shape index (κ1) is 15.2. The third-order valence-corrected chi connectivity index (χ3v) is 4.88. The van der Waals surface area contributed by atoms with Crippen LogP contribution < -0.4 is 5.32 Å². The normalized spacial score (nSPS) is 12.6. The zero-order chi connectivity index (χ0) is 14.5. The van der Waals surface area contributed by atoms with Gasteiger partial charge in [-0.2, -0.15) is 0 Å². The van der Waals surface area contributed by atoms with Crippen LogP contribution in [-0.4, -0.2) is 20.8 Å². The molecule has 108 valence electrons. The van der Waals surface area contributed by atoms with Gasteiger partial charge in [0, 0.05) is 16.9 Å². The van der Waals surface area contributed by atoms with Gasteiger partial charge in [-0.3, -0.25) is 0 Å². The van der Waals surface area contributed by atoms with Crippen LogP contribution in [0.5, 0.6) is 0 Å². The second-order valence-corrected chi connectivity index (χ2v) is 6.38. The summed E-state index contributed by atoms with van der Waals surface area (Å²) in [5, 5.41) is 3.42. The van der Waals surface area contributed by atoms with Gasteiger partial charge in [-0.1, -0.05) is 24.3 Å². The number of thiophene rings is 1. The fourth-order valence-corrected chi connectivity index (χ4v) is 3.49. The smallest absolute Gasteiger partial charge is 0.0668 e. The summed E-state index contributed by atoms with van der Waals surface area (Å²) in [6.45, 7) is 5.14. The maximum absolute atomic E-state index is 5.12. The van der Waals surface area contributed by atoms with Crippen molar-refractivity contribution in [2.24, 2.45) is 0 Å². The maximum Gasteiger partial charge on any atom is 0.0668 e. The molecule has 1 atom stereocenters. The first-order valence-electron chi connectivity index (χ1n) is 6.97. The molecule has 0 radical (unpaired) electrons. The topological polar surface area (TPSA) is 21.3 Å². The average Bonchev–Trinajstić information content (AvgIpc) is 2.78. The summed E-state index contributed by atoms with van der Waals surface area (Å²) in [5.74, 6) is 0. The summed E-state index contributed by atoms with van der Waals surface area (Å²) >= 11 is 1.88. The number of hydrogen-bond donors (Lipinski definition) is 1. The van der Waals surface area contributed by atoms with Crippen LogP contribution in [0.3, 0.4) is 0 Å². The van der Waals surface area contributed by atoms with E-state index in [1.165, 1.54) is 26.4 Å². The lowest BCUT2D eigenvalue weighted by Crippen LogP contribution is -2.16. The van der Waals surface area contributed by atoms with E-state index in [4.69, 9.17) is 4.74 Å². The highest BCUT2D eigenvalue weighted by atomic mass is 32.1. The lowest BCUT2D eigenvalue weighted by molar-refractivity contribution is 0.202. The largest absolute Gasteiger partial charge is 0.384 e. The lowest BCUT2D eigenvalue weighted by Gasteiger charge is -2.15. The zero-order valence-electron chi connectivity index (χ0n) is 12.7. The number of benzene rings is 1. The molecule has 0 bridgehead atoms. The van der Waals surface area contributed by atoms with Crippen molar-refractivity contribution in [3.05, 3.63) is 56.8 Å². The Bertz CT molecular complexity index is 525. The van der Waals surface area contributed by atoms with Crippen molar-refractivity contribution >= 4 is 11.3 Å². The third kappa shape index (κ3) is 3.48. The first-order valence-corrected chi connectivity index (χ1v) is 7.79. The van der Waals surface area contributed by atoms with Gasteiger partial charge in [0.1, 0.15) is 0 Å². The lowest BCUT2D eigenvalue weighted by atomic mass is 10.0. The molecule has 0 spiro atoms. The molecule has 2 rings (SSSR count). The van der Waals surface area contributed by atoms with Crippen molar-refractivity contribution in [1.82, 2.24) is 5.32 Å². The molecule has 0 aliphatic heterocycles. The summed E-state index contributed by atoms with van der Waals surface area (Å²) in [6.07, 6.45) is 0.970. The van der Waals surface area contributed by atoms with Crippen molar-refractivity contribution in [3.63, 3.8) is 0 Å². The summed E-state index contributed by atoms with van der Waals surface area (Å²) in [6, 6.07) is 11.4. The molecule has 0 amide bonds. The van der Waals surface area contributed by atoms with E-state index in [9.17, 15) is 0 Å². The fourth-order valence-electron chi connectivity index (χ4n) is 2.31. The Morgan fingerprint density at radius 3 is 2.40 bits per heavy atom. The van der Waals surface area contributed by atoms with Crippen LogP contribution in [0.1, 0.15) is 32.5 Å². The molecular formula is C17H23NOS. The van der Waals surface area contributed by atoms with Gasteiger partial charge in [-0.15, -0.1) is 11.3 Å². The molecule has 1 aromatic heterocycles. The molecule has 1 unspecified atom stereocenters. The molecule has 0 fully saturated rings. The third-order valence-electron chi connectivity index (χ3n) is 3.67. The number of nitrogens with one attached hydrogen (secondary N) is 1. The average molecular weight is 289 g/mol. The molecule has 1 aromatic carbocycles. The van der Waals surface area contributed by atoms with Crippen LogP contribution in [0.25, 0.3) is 0 Å². The predicted octanol–water partition coefficient (Wildman–Crippen LogP) is 3.86. The second kappa shape index (κ2) is 7.02. The van der Waals surface area contributed by atoms with E-state index < -0.39 is 0 Å². The number of ether oxygens (including phenoxy) is 1. The Balaban J connectivity index is 2.19. The second-order valence-electron chi connectivity index (χ2n) is 5.09. The van der Waals surface area contributed by atoms with E-state index in [0.29, 0.717) is 0 Å². The quantitative estimate of drug-likeness (QED) is 0.872. The first-order chi connectivity index (χ1) is 9.65. The summed E-state index contributed by atoms with van der Waals surface area (Å²) in [4.78, 5) is 2.78. The molecule has 0 aliphatic carbocycles. The van der Waals surface area contributed by atoms with Gasteiger partial charge in [0.05, 0.1) is 12.6 Å². The monoisotopic (exact) mass is 289 g/mol. The van der Waals surface area contributed by atoms with E-state index in [-0.39, 0.29) is 6.04 Å². The van der Waals surface area contributed by atoms with Crippen molar-refractivity contribution in [2.45, 2.75) is 26.3 Å². The molecule has 1 heterocycles. The van der Waals surface area contributed by atoms with Gasteiger partial charge in [-0.05, 0) is 50.1 Å². The number of aryl methyl sites for hydroxylation is 2. The molecule has 20 heavy (non-hydrogen) atoms. The van der Waals surface area contributed by atoms with Crippen LogP contribution in [0.4, 0.5) is 0 Å². The van der Waals surface area contributed by atoms with Crippen LogP contribution in [0.15, 0.2) is 30.3 Å². The van der Waals surface area contributed by atoms with Crippen molar-refractivity contribution in [3.8, 4) is 0 Å². The van der Waals surface area contributed by atoms with Crippen LogP contribution in [0, 0.1) is 13.8 Å². The van der Waals surface area contributed by atoms with Crippen LogP contribution in [0.2, 0.25) is 0 Å². The van der Waals surface area contributed by atoms with E-state index >= 15 is 0 Å². The highest BCUT2D eigenvalue weighted by Gasteiger charge is 2.15. The Morgan fingerprint density at radius 1 is 1.20 bits per heavy atom. The molecule has 0 aliphatic rings. The summed E-state index contributed by atoms with van der Waals surface area (Å²) in [7, 11) is 3.76. The van der Waals surface area contributed by atoms with Gasteiger partial charge in [0.2, 0.25) is 0 Å². The van der Waals surface area contributed by atoms with E-state index in [0.717, 1.165) is 13.0 Å². The SMILES string of the molecule is CNC(c1ccc(CCOC)cc1)c1cc(C)c(C)s1. The zero-order valence-corrected chi connectivity index (χ0v) is 13.5. The summed E-state index contributed by atoms with van der Waals surface area (Å²) < 4.78 is 5.12. The summed E-state index contributed by atoms with van der Waals surface area (Å²) in [5.41, 5.74) is 4.01. The van der Waals surface area contributed by atoms with Gasteiger partial charge in [0.15, 0.2) is 0 Å². The van der Waals surface area contributed by atoms with Crippen molar-refractivity contribution in [1.29, 1.82) is 0 Å². The minimum absolute atomic E-state index is 0.281. The fraction of sp³-hybridized carbons (Fsp3) is 0.412. The Labute approximate surface area is 125 Å². The molecule has 0 saturated heterocycles. The van der Waals surface area contributed by atoms with Gasteiger partial charge < -0.3 is 10.1 Å². The number of rotatable bonds is 6. The molecule has 3 heteroatoms. The highest BCUT2D eigenvalue weighted by Crippen LogP contribution is 2.30. The standard InChI is InChI=1S/C17H23NOS/c1-12-11-16(20-13(12)2)17(18-3)15-7-5-14(6-8-15)9-10-19-4/h5-8,11,17-18H,9-10H2,1-4H3. The highest BCUT2D eigenvalue weighted by molar-refractivity contribution is 7.12. The molecule has 1 N–H and O–H groups in total.